The number of hydrogen-bond acceptors (Lipinski definition) is 4. The van der Waals surface area contributed by atoms with Gasteiger partial charge in [0.15, 0.2) is 5.66 Å². The first kappa shape index (κ1) is 17.5. The molecular weight excluding hydrogens is 363 g/mol. The fraction of sp³-hybridized carbons (Fsp3) is 0.0952. The number of nitrogens with zero attached hydrogens (tertiary/aromatic N) is 1. The van der Waals surface area contributed by atoms with Crippen molar-refractivity contribution in [1.82, 2.24) is 0 Å². The second kappa shape index (κ2) is 6.68. The van der Waals surface area contributed by atoms with Gasteiger partial charge in [-0.2, -0.15) is 0 Å². The van der Waals surface area contributed by atoms with Crippen molar-refractivity contribution in [3.8, 4) is 0 Å². The molecule has 1 aliphatic heterocycles. The molecule has 1 atom stereocenters. The van der Waals surface area contributed by atoms with Crippen LogP contribution in [0, 0.1) is 5.82 Å². The van der Waals surface area contributed by atoms with Crippen molar-refractivity contribution < 1.29 is 4.39 Å². The zero-order chi connectivity index (χ0) is 19.0. The van der Waals surface area contributed by atoms with Crippen LogP contribution in [0.3, 0.4) is 0 Å². The smallest absolute Gasteiger partial charge is 0.163 e. The number of nitrogens with one attached hydrogen (secondary N) is 1. The first-order valence-corrected chi connectivity index (χ1v) is 8.86. The van der Waals surface area contributed by atoms with Gasteiger partial charge in [-0.1, -0.05) is 35.9 Å². The van der Waals surface area contributed by atoms with Crippen LogP contribution >= 0.6 is 11.6 Å². The van der Waals surface area contributed by atoms with Crippen LogP contribution in [0.4, 0.5) is 15.8 Å². The maximum absolute atomic E-state index is 13.4. The molecule has 0 bridgehead atoms. The quantitative estimate of drug-likeness (QED) is 0.594. The zero-order valence-electron chi connectivity index (χ0n) is 14.4. The molecule has 0 radical (unpaired) electrons. The van der Waals surface area contributed by atoms with Gasteiger partial charge in [0.2, 0.25) is 0 Å². The van der Waals surface area contributed by atoms with Gasteiger partial charge in [0, 0.05) is 27.5 Å². The molecule has 136 valence electrons. The summed E-state index contributed by atoms with van der Waals surface area (Å²) >= 11 is 6.52. The van der Waals surface area contributed by atoms with Gasteiger partial charge in [0.25, 0.3) is 0 Å². The number of fused-ring (bicyclic) bond motifs is 1. The Morgan fingerprint density at radius 1 is 1.07 bits per heavy atom. The maximum Gasteiger partial charge on any atom is 0.163 e. The average Bonchev–Trinajstić information content (AvgIpc) is 2.64. The second-order valence-corrected chi connectivity index (χ2v) is 6.99. The monoisotopic (exact) mass is 380 g/mol. The van der Waals surface area contributed by atoms with Crippen LogP contribution in [0.5, 0.6) is 0 Å². The molecule has 27 heavy (non-hydrogen) atoms. The third-order valence-electron chi connectivity index (χ3n) is 4.72. The molecule has 3 aromatic carbocycles. The van der Waals surface area contributed by atoms with Crippen molar-refractivity contribution in [3.05, 3.63) is 93.8 Å². The predicted octanol–water partition coefficient (Wildman–Crippen LogP) is 4.27. The number of rotatable bonds is 3. The molecule has 3 aromatic rings. The lowest BCUT2D eigenvalue weighted by Crippen LogP contribution is -2.39. The van der Waals surface area contributed by atoms with Gasteiger partial charge in [-0.05, 0) is 53.9 Å². The molecule has 6 heteroatoms. The molecule has 5 N–H and O–H groups in total. The summed E-state index contributed by atoms with van der Waals surface area (Å²) in [6.07, 6.45) is 2.11. The summed E-state index contributed by atoms with van der Waals surface area (Å²) in [5.74, 6) is -0.264. The van der Waals surface area contributed by atoms with Gasteiger partial charge in [-0.25, -0.2) is 9.38 Å². The minimum Gasteiger partial charge on any atom is -0.399 e. The molecule has 4 rings (SSSR count). The highest BCUT2D eigenvalue weighted by atomic mass is 35.5. The lowest BCUT2D eigenvalue weighted by Gasteiger charge is -2.32. The van der Waals surface area contributed by atoms with E-state index in [0.717, 1.165) is 27.9 Å². The van der Waals surface area contributed by atoms with E-state index in [0.29, 0.717) is 17.1 Å². The summed E-state index contributed by atoms with van der Waals surface area (Å²) in [4.78, 5) is 4.46. The van der Waals surface area contributed by atoms with E-state index >= 15 is 0 Å². The zero-order valence-corrected chi connectivity index (χ0v) is 15.2. The van der Waals surface area contributed by atoms with Crippen molar-refractivity contribution >= 4 is 29.3 Å². The molecule has 0 aliphatic carbocycles. The van der Waals surface area contributed by atoms with Crippen LogP contribution in [0.1, 0.15) is 22.3 Å². The van der Waals surface area contributed by atoms with Gasteiger partial charge < -0.3 is 11.1 Å². The first-order chi connectivity index (χ1) is 13.0. The van der Waals surface area contributed by atoms with Gasteiger partial charge >= 0.3 is 0 Å². The van der Waals surface area contributed by atoms with Crippen molar-refractivity contribution in [3.63, 3.8) is 0 Å². The molecule has 0 spiro atoms. The van der Waals surface area contributed by atoms with Crippen molar-refractivity contribution in [2.24, 2.45) is 10.7 Å². The molecule has 0 saturated carbocycles. The Bertz CT molecular complexity index is 1050. The van der Waals surface area contributed by atoms with Gasteiger partial charge in [0.1, 0.15) is 5.82 Å². The largest absolute Gasteiger partial charge is 0.399 e. The van der Waals surface area contributed by atoms with Crippen molar-refractivity contribution in [2.75, 3.05) is 11.1 Å². The number of nitrogens with two attached hydrogens (primary N) is 2. The summed E-state index contributed by atoms with van der Waals surface area (Å²) in [5.41, 5.74) is 16.2. The number of halogens is 2. The number of hydrogen-bond donors (Lipinski definition) is 3. The molecule has 0 fully saturated rings. The third-order valence-corrected chi connectivity index (χ3v) is 5.07. The van der Waals surface area contributed by atoms with E-state index in [9.17, 15) is 4.39 Å². The highest BCUT2D eigenvalue weighted by Gasteiger charge is 2.33. The van der Waals surface area contributed by atoms with E-state index in [1.807, 2.05) is 36.4 Å². The lowest BCUT2D eigenvalue weighted by molar-refractivity contribution is 0.571. The van der Waals surface area contributed by atoms with Crippen molar-refractivity contribution in [2.45, 2.75) is 12.1 Å². The van der Waals surface area contributed by atoms with Gasteiger partial charge in [-0.15, -0.1) is 0 Å². The molecule has 0 saturated heterocycles. The number of benzene rings is 3. The molecular formula is C21H18ClFN4. The number of nitrogen functional groups attached to an aromatic ring is 1. The van der Waals surface area contributed by atoms with Crippen LogP contribution < -0.4 is 16.8 Å². The fourth-order valence-electron chi connectivity index (χ4n) is 3.30. The Hall–Kier alpha value is -2.89. The Kier molecular flexibility index (Phi) is 4.34. The molecule has 1 unspecified atom stereocenters. The minimum absolute atomic E-state index is 0.264. The molecule has 0 aromatic heterocycles. The number of aliphatic imine (C=N–C) groups is 1. The molecule has 4 nitrogen and oxygen atoms in total. The Morgan fingerprint density at radius 2 is 1.93 bits per heavy atom. The van der Waals surface area contributed by atoms with Crippen LogP contribution in [0.25, 0.3) is 0 Å². The molecule has 1 aliphatic rings. The molecule has 1 heterocycles. The Morgan fingerprint density at radius 3 is 2.70 bits per heavy atom. The minimum atomic E-state index is -1.09. The summed E-state index contributed by atoms with van der Waals surface area (Å²) in [5, 5.41) is 3.64. The van der Waals surface area contributed by atoms with E-state index in [1.165, 1.54) is 12.1 Å². The van der Waals surface area contributed by atoms with E-state index in [4.69, 9.17) is 23.1 Å². The van der Waals surface area contributed by atoms with E-state index < -0.39 is 5.66 Å². The number of anilines is 2. The summed E-state index contributed by atoms with van der Waals surface area (Å²) < 4.78 is 13.4. The third kappa shape index (κ3) is 3.27. The van der Waals surface area contributed by atoms with Crippen LogP contribution in [-0.4, -0.2) is 6.34 Å². The standard InChI is InChI=1S/C21H18ClFN4/c22-19-10-15(5-4-14(19)8-13-2-1-3-16(23)9-13)21(25)18-11-17(24)6-7-20(18)26-12-27-21/h1-7,9-12H,8,24-25H2,(H,26,27). The maximum atomic E-state index is 13.4. The first-order valence-electron chi connectivity index (χ1n) is 8.48. The average molecular weight is 381 g/mol. The highest BCUT2D eigenvalue weighted by molar-refractivity contribution is 6.31. The SMILES string of the molecule is Nc1ccc2c(c1)C(N)(c1ccc(Cc3cccc(F)c3)c(Cl)c1)N=CN2. The van der Waals surface area contributed by atoms with Crippen LogP contribution in [0.2, 0.25) is 5.02 Å². The topological polar surface area (TPSA) is 76.4 Å². The summed E-state index contributed by atoms with van der Waals surface area (Å²) in [7, 11) is 0. The summed E-state index contributed by atoms with van der Waals surface area (Å²) in [6, 6.07) is 17.6. The van der Waals surface area contributed by atoms with E-state index in [-0.39, 0.29) is 5.82 Å². The Labute approximate surface area is 161 Å². The van der Waals surface area contributed by atoms with Crippen molar-refractivity contribution in [1.29, 1.82) is 0 Å². The van der Waals surface area contributed by atoms with E-state index in [1.54, 1.807) is 18.5 Å². The Balaban J connectivity index is 1.71. The van der Waals surface area contributed by atoms with Gasteiger partial charge in [-0.3, -0.25) is 5.73 Å². The normalized spacial score (nSPS) is 18.0. The van der Waals surface area contributed by atoms with E-state index in [2.05, 4.69) is 10.3 Å². The second-order valence-electron chi connectivity index (χ2n) is 6.59. The van der Waals surface area contributed by atoms with Crippen LogP contribution in [0.15, 0.2) is 65.7 Å². The predicted molar refractivity (Wildman–Crippen MR) is 109 cm³/mol. The fourth-order valence-corrected chi connectivity index (χ4v) is 3.55. The van der Waals surface area contributed by atoms with Crippen LogP contribution in [-0.2, 0) is 12.1 Å². The van der Waals surface area contributed by atoms with Gasteiger partial charge in [0.05, 0.1) is 6.34 Å². The lowest BCUT2D eigenvalue weighted by atomic mass is 9.89. The molecule has 0 amide bonds. The highest BCUT2D eigenvalue weighted by Crippen LogP contribution is 2.38. The summed E-state index contributed by atoms with van der Waals surface area (Å²) in [6.45, 7) is 0.